The standard InChI is InChI=1S/C24H29FN2O3S/c1-17-13-20(19-5-7-21(25)8-6-19)14-27(17)24(29)16-31-15-23(28)26-12-11-18-3-9-22(30-2)10-4-18/h3-10,17,20H,11-16H2,1-2H3,(H,26,28)/t17-,20+/m1/s1. The molecule has 0 saturated carbocycles. The van der Waals surface area contributed by atoms with Gasteiger partial charge in [0.2, 0.25) is 11.8 Å². The van der Waals surface area contributed by atoms with Crippen LogP contribution in [0, 0.1) is 5.82 Å². The van der Waals surface area contributed by atoms with Crippen LogP contribution in [0.2, 0.25) is 0 Å². The van der Waals surface area contributed by atoms with Crippen LogP contribution >= 0.6 is 11.8 Å². The number of rotatable bonds is 9. The summed E-state index contributed by atoms with van der Waals surface area (Å²) in [6.45, 7) is 3.24. The molecule has 5 nitrogen and oxygen atoms in total. The minimum atomic E-state index is -0.249. The number of amides is 2. The second kappa shape index (κ2) is 11.2. The molecule has 2 aromatic rings. The number of halogens is 1. The molecule has 0 unspecified atom stereocenters. The molecule has 0 aliphatic carbocycles. The van der Waals surface area contributed by atoms with Crippen LogP contribution in [0.4, 0.5) is 4.39 Å². The second-order valence-electron chi connectivity index (χ2n) is 7.82. The average molecular weight is 445 g/mol. The normalized spacial score (nSPS) is 18.1. The Balaban J connectivity index is 1.35. The molecule has 0 bridgehead atoms. The number of hydrogen-bond donors (Lipinski definition) is 1. The second-order valence-corrected chi connectivity index (χ2v) is 8.81. The van der Waals surface area contributed by atoms with Gasteiger partial charge in [-0.3, -0.25) is 9.59 Å². The molecule has 1 aliphatic rings. The molecule has 2 atom stereocenters. The average Bonchev–Trinajstić information content (AvgIpc) is 3.16. The fraction of sp³-hybridized carbons (Fsp3) is 0.417. The van der Waals surface area contributed by atoms with Gasteiger partial charge in [0.15, 0.2) is 0 Å². The van der Waals surface area contributed by atoms with Crippen LogP contribution in [-0.4, -0.2) is 54.5 Å². The molecule has 1 fully saturated rings. The number of carbonyl (C=O) groups is 2. The number of nitrogens with zero attached hydrogens (tertiary/aromatic N) is 1. The Morgan fingerprint density at radius 3 is 2.52 bits per heavy atom. The van der Waals surface area contributed by atoms with Gasteiger partial charge in [-0.25, -0.2) is 4.39 Å². The molecule has 1 N–H and O–H groups in total. The Hall–Kier alpha value is -2.54. The number of benzene rings is 2. The molecule has 31 heavy (non-hydrogen) atoms. The van der Waals surface area contributed by atoms with Gasteiger partial charge in [-0.15, -0.1) is 11.8 Å². The zero-order chi connectivity index (χ0) is 22.2. The summed E-state index contributed by atoms with van der Waals surface area (Å²) in [5.41, 5.74) is 2.19. The lowest BCUT2D eigenvalue weighted by molar-refractivity contribution is -0.128. The van der Waals surface area contributed by atoms with Crippen molar-refractivity contribution in [3.05, 3.63) is 65.5 Å². The summed E-state index contributed by atoms with van der Waals surface area (Å²) in [6, 6.07) is 14.4. The fourth-order valence-corrected chi connectivity index (χ4v) is 4.59. The van der Waals surface area contributed by atoms with Crippen molar-refractivity contribution in [1.82, 2.24) is 10.2 Å². The molecule has 2 amide bonds. The van der Waals surface area contributed by atoms with Gasteiger partial charge in [-0.2, -0.15) is 0 Å². The Morgan fingerprint density at radius 1 is 1.13 bits per heavy atom. The lowest BCUT2D eigenvalue weighted by atomic mass is 9.97. The van der Waals surface area contributed by atoms with Crippen molar-refractivity contribution in [2.75, 3.05) is 31.7 Å². The highest BCUT2D eigenvalue weighted by atomic mass is 32.2. The van der Waals surface area contributed by atoms with Crippen LogP contribution in [0.15, 0.2) is 48.5 Å². The zero-order valence-corrected chi connectivity index (χ0v) is 18.8. The van der Waals surface area contributed by atoms with Crippen molar-refractivity contribution >= 4 is 23.6 Å². The third-order valence-electron chi connectivity index (χ3n) is 5.59. The predicted molar refractivity (Wildman–Crippen MR) is 122 cm³/mol. The summed E-state index contributed by atoms with van der Waals surface area (Å²) in [5, 5.41) is 2.90. The maximum atomic E-state index is 13.1. The van der Waals surface area contributed by atoms with Gasteiger partial charge in [0.25, 0.3) is 0 Å². The summed E-state index contributed by atoms with van der Waals surface area (Å²) in [5.74, 6) is 1.32. The van der Waals surface area contributed by atoms with Crippen LogP contribution in [0.1, 0.15) is 30.4 Å². The molecule has 0 radical (unpaired) electrons. The van der Waals surface area contributed by atoms with Gasteiger partial charge in [0, 0.05) is 25.0 Å². The monoisotopic (exact) mass is 444 g/mol. The summed E-state index contributed by atoms with van der Waals surface area (Å²) in [7, 11) is 1.63. The summed E-state index contributed by atoms with van der Waals surface area (Å²) in [6.07, 6.45) is 1.61. The largest absolute Gasteiger partial charge is 0.497 e. The Labute approximate surface area is 187 Å². The summed E-state index contributed by atoms with van der Waals surface area (Å²) >= 11 is 1.34. The van der Waals surface area contributed by atoms with Crippen molar-refractivity contribution in [2.45, 2.75) is 31.7 Å². The first-order valence-electron chi connectivity index (χ1n) is 10.5. The highest BCUT2D eigenvalue weighted by Crippen LogP contribution is 2.32. The maximum absolute atomic E-state index is 13.1. The predicted octanol–water partition coefficient (Wildman–Crippen LogP) is 3.63. The van der Waals surface area contributed by atoms with Gasteiger partial charge in [-0.1, -0.05) is 24.3 Å². The van der Waals surface area contributed by atoms with Crippen molar-refractivity contribution in [3.8, 4) is 5.75 Å². The summed E-state index contributed by atoms with van der Waals surface area (Å²) in [4.78, 5) is 26.6. The molecule has 3 rings (SSSR count). The van der Waals surface area contributed by atoms with Gasteiger partial charge in [-0.05, 0) is 55.2 Å². The van der Waals surface area contributed by atoms with E-state index in [2.05, 4.69) is 5.32 Å². The van der Waals surface area contributed by atoms with E-state index in [9.17, 15) is 14.0 Å². The molecule has 2 aromatic carbocycles. The first-order valence-corrected chi connectivity index (χ1v) is 11.6. The number of thioether (sulfide) groups is 1. The molecule has 1 saturated heterocycles. The van der Waals surface area contributed by atoms with Gasteiger partial charge < -0.3 is 15.0 Å². The third kappa shape index (κ3) is 6.72. The Kier molecular flexibility index (Phi) is 8.35. The molecule has 7 heteroatoms. The van der Waals surface area contributed by atoms with Crippen LogP contribution < -0.4 is 10.1 Å². The number of methoxy groups -OCH3 is 1. The Bertz CT molecular complexity index is 873. The quantitative estimate of drug-likeness (QED) is 0.642. The minimum Gasteiger partial charge on any atom is -0.497 e. The van der Waals surface area contributed by atoms with E-state index in [4.69, 9.17) is 4.74 Å². The number of carbonyl (C=O) groups excluding carboxylic acids is 2. The van der Waals surface area contributed by atoms with E-state index in [1.54, 1.807) is 19.2 Å². The van der Waals surface area contributed by atoms with E-state index < -0.39 is 0 Å². The highest BCUT2D eigenvalue weighted by Gasteiger charge is 2.32. The van der Waals surface area contributed by atoms with E-state index in [0.29, 0.717) is 13.1 Å². The SMILES string of the molecule is COc1ccc(CCNC(=O)CSCC(=O)N2C[C@@H](c3ccc(F)cc3)C[C@H]2C)cc1. The third-order valence-corrected chi connectivity index (χ3v) is 6.51. The lowest BCUT2D eigenvalue weighted by Gasteiger charge is -2.21. The molecular formula is C24H29FN2O3S. The molecule has 0 aromatic heterocycles. The first-order chi connectivity index (χ1) is 15.0. The fourth-order valence-electron chi connectivity index (χ4n) is 3.86. The van der Waals surface area contributed by atoms with Gasteiger partial charge in [0.1, 0.15) is 11.6 Å². The maximum Gasteiger partial charge on any atom is 0.232 e. The molecule has 166 valence electrons. The molecule has 1 aliphatic heterocycles. The zero-order valence-electron chi connectivity index (χ0n) is 18.0. The van der Waals surface area contributed by atoms with Gasteiger partial charge in [0.05, 0.1) is 18.6 Å². The molecule has 0 spiro atoms. The molecular weight excluding hydrogens is 415 g/mol. The van der Waals surface area contributed by atoms with Crippen LogP contribution in [0.25, 0.3) is 0 Å². The van der Waals surface area contributed by atoms with Crippen molar-refractivity contribution < 1.29 is 18.7 Å². The van der Waals surface area contributed by atoms with Crippen molar-refractivity contribution in [1.29, 1.82) is 0 Å². The smallest absolute Gasteiger partial charge is 0.232 e. The van der Waals surface area contributed by atoms with Gasteiger partial charge >= 0.3 is 0 Å². The molecule has 1 heterocycles. The van der Waals surface area contributed by atoms with E-state index in [0.717, 1.165) is 29.7 Å². The van der Waals surface area contributed by atoms with Crippen LogP contribution in [0.5, 0.6) is 5.75 Å². The topological polar surface area (TPSA) is 58.6 Å². The van der Waals surface area contributed by atoms with Crippen molar-refractivity contribution in [3.63, 3.8) is 0 Å². The summed E-state index contributed by atoms with van der Waals surface area (Å²) < 4.78 is 18.3. The van der Waals surface area contributed by atoms with E-state index in [1.165, 1.54) is 23.9 Å². The van der Waals surface area contributed by atoms with Crippen molar-refractivity contribution in [2.24, 2.45) is 0 Å². The van der Waals surface area contributed by atoms with E-state index in [-0.39, 0.29) is 41.1 Å². The first kappa shape index (κ1) is 23.1. The number of likely N-dealkylation sites (tertiary alicyclic amines) is 1. The van der Waals surface area contributed by atoms with E-state index in [1.807, 2.05) is 36.1 Å². The minimum absolute atomic E-state index is 0.0492. The number of hydrogen-bond acceptors (Lipinski definition) is 4. The lowest BCUT2D eigenvalue weighted by Crippen LogP contribution is -2.35. The number of ether oxygens (including phenoxy) is 1. The Morgan fingerprint density at radius 2 is 1.84 bits per heavy atom. The van der Waals surface area contributed by atoms with Crippen LogP contribution in [0.3, 0.4) is 0 Å². The van der Waals surface area contributed by atoms with E-state index >= 15 is 0 Å². The highest BCUT2D eigenvalue weighted by molar-refractivity contribution is 8.00. The van der Waals surface area contributed by atoms with Crippen LogP contribution in [-0.2, 0) is 16.0 Å². The number of nitrogens with one attached hydrogen (secondary N) is 1.